The number of rotatable bonds is 1. The summed E-state index contributed by atoms with van der Waals surface area (Å²) in [7, 11) is 0. The maximum Gasteiger partial charge on any atom is 0.444 e. The van der Waals surface area contributed by atoms with Gasteiger partial charge in [0.05, 0.1) is 5.02 Å². The summed E-state index contributed by atoms with van der Waals surface area (Å²) in [5.74, 6) is -2.23. The normalized spacial score (nSPS) is 15.9. The first-order valence-corrected chi connectivity index (χ1v) is 4.29. The van der Waals surface area contributed by atoms with Crippen LogP contribution in [0.15, 0.2) is 24.3 Å². The highest BCUT2D eigenvalue weighted by molar-refractivity contribution is 6.33. The first-order valence-electron chi connectivity index (χ1n) is 3.92. The van der Waals surface area contributed by atoms with Gasteiger partial charge in [-0.1, -0.05) is 28.9 Å². The topological polar surface area (TPSA) is 67.9 Å². The number of hydrogen-bond acceptors (Lipinski definition) is 6. The van der Waals surface area contributed by atoms with E-state index in [1.54, 1.807) is 24.3 Å². The Kier molecular flexibility index (Phi) is 2.44. The van der Waals surface area contributed by atoms with Crippen LogP contribution >= 0.6 is 11.6 Å². The van der Waals surface area contributed by atoms with Crippen molar-refractivity contribution in [3.05, 3.63) is 29.3 Å². The third-order valence-electron chi connectivity index (χ3n) is 1.63. The van der Waals surface area contributed by atoms with Crippen LogP contribution in [0.1, 0.15) is 0 Å². The summed E-state index contributed by atoms with van der Waals surface area (Å²) in [5, 5.41) is 1.21. The molecule has 0 saturated carbocycles. The van der Waals surface area contributed by atoms with Gasteiger partial charge >= 0.3 is 11.9 Å². The summed E-state index contributed by atoms with van der Waals surface area (Å²) >= 11 is 5.83. The summed E-state index contributed by atoms with van der Waals surface area (Å²) in [5.41, 5.74) is 2.47. The van der Waals surface area contributed by atoms with Gasteiger partial charge in [0.15, 0.2) is 0 Å². The fourth-order valence-corrected chi connectivity index (χ4v) is 1.19. The van der Waals surface area contributed by atoms with Crippen LogP contribution < -0.4 is 10.8 Å². The van der Waals surface area contributed by atoms with Gasteiger partial charge < -0.3 is 9.68 Å². The summed E-state index contributed by atoms with van der Waals surface area (Å²) < 4.78 is 0. The van der Waals surface area contributed by atoms with Gasteiger partial charge in [0.25, 0.3) is 0 Å². The number of hydrogen-bond donors (Lipinski definition) is 1. The average Bonchev–Trinajstić information content (AvgIpc) is 2.23. The zero-order valence-electron chi connectivity index (χ0n) is 7.27. The molecule has 0 aromatic heterocycles. The van der Waals surface area contributed by atoms with Crippen LogP contribution in [-0.2, 0) is 19.3 Å². The predicted octanol–water partition coefficient (Wildman–Crippen LogP) is 0.581. The fraction of sp³-hybridized carbons (Fsp3) is 0. The molecule has 0 atom stereocenters. The monoisotopic (exact) mass is 228 g/mol. The molecule has 0 bridgehead atoms. The third kappa shape index (κ3) is 1.85. The van der Waals surface area contributed by atoms with E-state index in [0.717, 1.165) is 5.17 Å². The van der Waals surface area contributed by atoms with Crippen LogP contribution in [0.3, 0.4) is 0 Å². The van der Waals surface area contributed by atoms with E-state index in [-0.39, 0.29) is 0 Å². The second kappa shape index (κ2) is 3.76. The van der Waals surface area contributed by atoms with Crippen molar-refractivity contribution in [1.82, 2.24) is 5.59 Å². The molecule has 7 heteroatoms. The number of carbonyl (C=O) groups excluding carboxylic acids is 2. The summed E-state index contributed by atoms with van der Waals surface area (Å²) in [6.45, 7) is 0. The average molecular weight is 229 g/mol. The van der Waals surface area contributed by atoms with Crippen molar-refractivity contribution in [2.24, 2.45) is 0 Å². The number of para-hydroxylation sites is 1. The summed E-state index contributed by atoms with van der Waals surface area (Å²) in [6, 6.07) is 6.58. The Morgan fingerprint density at radius 2 is 1.93 bits per heavy atom. The van der Waals surface area contributed by atoms with E-state index in [1.807, 2.05) is 0 Å². The quantitative estimate of drug-likeness (QED) is 0.710. The lowest BCUT2D eigenvalue weighted by atomic mass is 10.3. The molecule has 1 aromatic rings. The van der Waals surface area contributed by atoms with Crippen LogP contribution in [0.5, 0.6) is 0 Å². The highest BCUT2D eigenvalue weighted by Crippen LogP contribution is 2.24. The minimum Gasteiger partial charge on any atom is -0.338 e. The van der Waals surface area contributed by atoms with Crippen molar-refractivity contribution in [2.45, 2.75) is 0 Å². The molecule has 78 valence electrons. The maximum atomic E-state index is 10.9. The van der Waals surface area contributed by atoms with E-state index >= 15 is 0 Å². The Hall–Kier alpha value is -1.79. The van der Waals surface area contributed by atoms with E-state index in [2.05, 4.69) is 15.3 Å². The molecule has 6 nitrogen and oxygen atoms in total. The van der Waals surface area contributed by atoms with Gasteiger partial charge in [0.1, 0.15) is 5.69 Å². The molecule has 0 unspecified atom stereocenters. The van der Waals surface area contributed by atoms with E-state index in [9.17, 15) is 9.59 Å². The molecule has 1 fully saturated rings. The standard InChI is InChI=1S/C8H5ClN2O4/c9-5-3-1-2-4-6(5)11-10-14-7(12)8(13)15-11/h1-4,10H. The number of nitrogens with zero attached hydrogens (tertiary/aromatic N) is 1. The van der Waals surface area contributed by atoms with Gasteiger partial charge in [-0.3, -0.25) is 0 Å². The molecule has 1 aliphatic rings. The van der Waals surface area contributed by atoms with Gasteiger partial charge in [0.2, 0.25) is 0 Å². The second-order valence-electron chi connectivity index (χ2n) is 2.61. The Morgan fingerprint density at radius 1 is 1.20 bits per heavy atom. The van der Waals surface area contributed by atoms with E-state index in [1.165, 1.54) is 0 Å². The lowest BCUT2D eigenvalue weighted by molar-refractivity contribution is -0.192. The van der Waals surface area contributed by atoms with E-state index in [4.69, 9.17) is 11.6 Å². The number of carbonyl (C=O) groups is 2. The highest BCUT2D eigenvalue weighted by Gasteiger charge is 2.29. The number of anilines is 1. The second-order valence-corrected chi connectivity index (χ2v) is 3.01. The molecule has 1 aliphatic heterocycles. The highest BCUT2D eigenvalue weighted by atomic mass is 35.5. The van der Waals surface area contributed by atoms with Gasteiger partial charge in [-0.2, -0.15) is 0 Å². The maximum absolute atomic E-state index is 10.9. The Morgan fingerprint density at radius 3 is 2.60 bits per heavy atom. The van der Waals surface area contributed by atoms with Gasteiger partial charge in [-0.25, -0.2) is 9.59 Å². The SMILES string of the molecule is O=C1ONN(c2ccccc2Cl)OC1=O. The smallest absolute Gasteiger partial charge is 0.338 e. The molecule has 0 spiro atoms. The number of halogens is 1. The fourth-order valence-electron chi connectivity index (χ4n) is 0.978. The summed E-state index contributed by atoms with van der Waals surface area (Å²) in [4.78, 5) is 30.4. The Bertz CT molecular complexity index is 423. The molecule has 0 aliphatic carbocycles. The van der Waals surface area contributed by atoms with Gasteiger partial charge in [-0.15, -0.1) is 0 Å². The predicted molar refractivity (Wildman–Crippen MR) is 49.3 cm³/mol. The molecule has 1 N–H and O–H groups in total. The third-order valence-corrected chi connectivity index (χ3v) is 1.95. The Labute approximate surface area is 89.2 Å². The number of nitrogens with one attached hydrogen (secondary N) is 1. The van der Waals surface area contributed by atoms with Crippen molar-refractivity contribution in [3.63, 3.8) is 0 Å². The molecular weight excluding hydrogens is 224 g/mol. The lowest BCUT2D eigenvalue weighted by Crippen LogP contribution is -2.49. The van der Waals surface area contributed by atoms with Crippen LogP contribution in [0, 0.1) is 0 Å². The van der Waals surface area contributed by atoms with Crippen LogP contribution in [0.2, 0.25) is 5.02 Å². The van der Waals surface area contributed by atoms with Crippen molar-refractivity contribution in [2.75, 3.05) is 5.17 Å². The summed E-state index contributed by atoms with van der Waals surface area (Å²) in [6.07, 6.45) is 0. The molecule has 15 heavy (non-hydrogen) atoms. The zero-order chi connectivity index (χ0) is 10.8. The lowest BCUT2D eigenvalue weighted by Gasteiger charge is -2.25. The molecule has 0 amide bonds. The van der Waals surface area contributed by atoms with Crippen LogP contribution in [-0.4, -0.2) is 11.9 Å². The zero-order valence-corrected chi connectivity index (χ0v) is 8.02. The molecular formula is C8H5ClN2O4. The van der Waals surface area contributed by atoms with Crippen molar-refractivity contribution < 1.29 is 19.3 Å². The van der Waals surface area contributed by atoms with Gasteiger partial charge in [0, 0.05) is 0 Å². The van der Waals surface area contributed by atoms with Crippen molar-refractivity contribution in [3.8, 4) is 0 Å². The minimum atomic E-state index is -1.12. The van der Waals surface area contributed by atoms with E-state index < -0.39 is 11.9 Å². The first-order chi connectivity index (χ1) is 7.18. The number of hydrazine groups is 1. The molecule has 1 saturated heterocycles. The van der Waals surface area contributed by atoms with Crippen LogP contribution in [0.25, 0.3) is 0 Å². The Balaban J connectivity index is 2.23. The minimum absolute atomic E-state index is 0.343. The molecule has 1 heterocycles. The van der Waals surface area contributed by atoms with Gasteiger partial charge in [-0.05, 0) is 17.7 Å². The largest absolute Gasteiger partial charge is 0.444 e. The molecule has 1 aromatic carbocycles. The molecule has 2 rings (SSSR count). The van der Waals surface area contributed by atoms with E-state index in [0.29, 0.717) is 10.7 Å². The van der Waals surface area contributed by atoms with Crippen molar-refractivity contribution in [1.29, 1.82) is 0 Å². The number of benzene rings is 1. The first kappa shape index (κ1) is 9.75. The van der Waals surface area contributed by atoms with Crippen molar-refractivity contribution >= 4 is 29.2 Å². The molecule has 0 radical (unpaired) electrons. The van der Waals surface area contributed by atoms with Crippen LogP contribution in [0.4, 0.5) is 5.69 Å².